The van der Waals surface area contributed by atoms with E-state index in [-0.39, 0.29) is 18.2 Å². The number of nitrogens with zero attached hydrogens (tertiary/aromatic N) is 1. The van der Waals surface area contributed by atoms with Crippen molar-refractivity contribution in [1.82, 2.24) is 4.90 Å². The fourth-order valence-electron chi connectivity index (χ4n) is 1.66. The molecule has 0 aliphatic carbocycles. The van der Waals surface area contributed by atoms with Gasteiger partial charge in [0.2, 0.25) is 5.91 Å². The van der Waals surface area contributed by atoms with Crippen LogP contribution in [0.3, 0.4) is 0 Å². The minimum atomic E-state index is -0.847. The number of hydrogen-bond donors (Lipinski definition) is 1. The van der Waals surface area contributed by atoms with E-state index in [0.717, 1.165) is 19.3 Å². The number of carboxylic acid groups (broad SMARTS) is 1. The number of aliphatic carboxylic acids is 1. The molecule has 0 aromatic rings. The van der Waals surface area contributed by atoms with Gasteiger partial charge in [0.05, 0.1) is 6.42 Å². The van der Waals surface area contributed by atoms with E-state index in [1.807, 2.05) is 13.8 Å². The Kier molecular flexibility index (Phi) is 8.46. The molecular formula is C13H25NO3. The van der Waals surface area contributed by atoms with Crippen molar-refractivity contribution >= 4 is 11.9 Å². The maximum atomic E-state index is 11.9. The van der Waals surface area contributed by atoms with Crippen LogP contribution in [0.1, 0.15) is 52.9 Å². The summed E-state index contributed by atoms with van der Waals surface area (Å²) >= 11 is 0. The molecule has 4 heteroatoms. The molecule has 0 heterocycles. The van der Waals surface area contributed by atoms with Crippen LogP contribution in [0.4, 0.5) is 0 Å². The normalized spacial score (nSPS) is 10.6. The predicted octanol–water partition coefficient (Wildman–Crippen LogP) is 2.53. The van der Waals surface area contributed by atoms with E-state index in [4.69, 9.17) is 5.11 Å². The van der Waals surface area contributed by atoms with E-state index < -0.39 is 5.97 Å². The lowest BCUT2D eigenvalue weighted by atomic mass is 10.1. The van der Waals surface area contributed by atoms with Crippen molar-refractivity contribution in [3.63, 3.8) is 0 Å². The highest BCUT2D eigenvalue weighted by Gasteiger charge is 2.17. The molecule has 0 aromatic carbocycles. The van der Waals surface area contributed by atoms with Crippen molar-refractivity contribution in [3.8, 4) is 0 Å². The highest BCUT2D eigenvalue weighted by atomic mass is 16.4. The maximum absolute atomic E-state index is 11.9. The van der Waals surface area contributed by atoms with Crippen molar-refractivity contribution < 1.29 is 14.7 Å². The van der Waals surface area contributed by atoms with Crippen LogP contribution in [0.5, 0.6) is 0 Å². The van der Waals surface area contributed by atoms with Gasteiger partial charge in [-0.3, -0.25) is 9.59 Å². The Morgan fingerprint density at radius 3 is 2.24 bits per heavy atom. The predicted molar refractivity (Wildman–Crippen MR) is 67.8 cm³/mol. The third kappa shape index (κ3) is 7.77. The first-order valence-corrected chi connectivity index (χ1v) is 6.49. The second-order valence-electron chi connectivity index (χ2n) is 4.68. The molecule has 0 aromatic heterocycles. The molecule has 17 heavy (non-hydrogen) atoms. The standard InChI is InChI=1S/C13H25NO3/c1-4-5-6-7-9-14(10-8-12(15)16)13(17)11(2)3/h11H,4-10H2,1-3H3,(H,15,16). The molecule has 0 bridgehead atoms. The molecule has 0 aliphatic heterocycles. The number of carbonyl (C=O) groups is 2. The van der Waals surface area contributed by atoms with Gasteiger partial charge in [0.15, 0.2) is 0 Å². The molecule has 100 valence electrons. The summed E-state index contributed by atoms with van der Waals surface area (Å²) in [5.41, 5.74) is 0. The van der Waals surface area contributed by atoms with Gasteiger partial charge in [-0.1, -0.05) is 40.0 Å². The molecule has 1 N–H and O–H groups in total. The van der Waals surface area contributed by atoms with E-state index in [9.17, 15) is 9.59 Å². The number of carboxylic acids is 1. The van der Waals surface area contributed by atoms with Gasteiger partial charge in [-0.25, -0.2) is 0 Å². The SMILES string of the molecule is CCCCCCN(CCC(=O)O)C(=O)C(C)C. The van der Waals surface area contributed by atoms with Crippen LogP contribution >= 0.6 is 0 Å². The Bertz CT molecular complexity index is 239. The van der Waals surface area contributed by atoms with Gasteiger partial charge in [0, 0.05) is 19.0 Å². The molecule has 1 amide bonds. The van der Waals surface area contributed by atoms with E-state index in [2.05, 4.69) is 6.92 Å². The minimum Gasteiger partial charge on any atom is -0.481 e. The van der Waals surface area contributed by atoms with E-state index in [1.165, 1.54) is 6.42 Å². The lowest BCUT2D eigenvalue weighted by molar-refractivity contribution is -0.139. The average Bonchev–Trinajstić information content (AvgIpc) is 2.26. The molecule has 4 nitrogen and oxygen atoms in total. The Hall–Kier alpha value is -1.06. The van der Waals surface area contributed by atoms with E-state index in [1.54, 1.807) is 4.90 Å². The lowest BCUT2D eigenvalue weighted by Gasteiger charge is -2.24. The Morgan fingerprint density at radius 1 is 1.12 bits per heavy atom. The first kappa shape index (κ1) is 15.9. The number of hydrogen-bond acceptors (Lipinski definition) is 2. The van der Waals surface area contributed by atoms with Crippen molar-refractivity contribution in [3.05, 3.63) is 0 Å². The minimum absolute atomic E-state index is 0.0340. The summed E-state index contributed by atoms with van der Waals surface area (Å²) in [5, 5.41) is 8.65. The van der Waals surface area contributed by atoms with Crippen LogP contribution in [0.15, 0.2) is 0 Å². The van der Waals surface area contributed by atoms with Gasteiger partial charge >= 0.3 is 5.97 Å². The molecule has 0 aliphatic rings. The quantitative estimate of drug-likeness (QED) is 0.633. The zero-order chi connectivity index (χ0) is 13.3. The smallest absolute Gasteiger partial charge is 0.305 e. The summed E-state index contributed by atoms with van der Waals surface area (Å²) in [6.45, 7) is 6.86. The number of unbranched alkanes of at least 4 members (excludes halogenated alkanes) is 3. The second kappa shape index (κ2) is 9.02. The van der Waals surface area contributed by atoms with Crippen molar-refractivity contribution in [1.29, 1.82) is 0 Å². The van der Waals surface area contributed by atoms with Crippen molar-refractivity contribution in [2.45, 2.75) is 52.9 Å². The van der Waals surface area contributed by atoms with E-state index >= 15 is 0 Å². The van der Waals surface area contributed by atoms with Gasteiger partial charge in [0.1, 0.15) is 0 Å². The summed E-state index contributed by atoms with van der Waals surface area (Å²) in [6.07, 6.45) is 4.43. The van der Waals surface area contributed by atoms with Crippen LogP contribution in [0.25, 0.3) is 0 Å². The molecule has 0 saturated carbocycles. The first-order chi connectivity index (χ1) is 7.99. The molecule has 0 fully saturated rings. The molecule has 0 saturated heterocycles. The summed E-state index contributed by atoms with van der Waals surface area (Å²) in [4.78, 5) is 24.1. The highest BCUT2D eigenvalue weighted by Crippen LogP contribution is 2.07. The fraction of sp³-hybridized carbons (Fsp3) is 0.846. The van der Waals surface area contributed by atoms with Crippen LogP contribution < -0.4 is 0 Å². The monoisotopic (exact) mass is 243 g/mol. The van der Waals surface area contributed by atoms with Crippen LogP contribution in [0.2, 0.25) is 0 Å². The fourth-order valence-corrected chi connectivity index (χ4v) is 1.66. The average molecular weight is 243 g/mol. The first-order valence-electron chi connectivity index (χ1n) is 6.49. The molecule has 0 unspecified atom stereocenters. The third-order valence-electron chi connectivity index (χ3n) is 2.68. The van der Waals surface area contributed by atoms with Gasteiger partial charge < -0.3 is 10.0 Å². The largest absolute Gasteiger partial charge is 0.481 e. The summed E-state index contributed by atoms with van der Waals surface area (Å²) < 4.78 is 0. The summed E-state index contributed by atoms with van der Waals surface area (Å²) in [6, 6.07) is 0. The molecule has 0 atom stereocenters. The van der Waals surface area contributed by atoms with Crippen LogP contribution in [0, 0.1) is 5.92 Å². The number of carbonyl (C=O) groups excluding carboxylic acids is 1. The van der Waals surface area contributed by atoms with Gasteiger partial charge in [-0.15, -0.1) is 0 Å². The van der Waals surface area contributed by atoms with Crippen molar-refractivity contribution in [2.75, 3.05) is 13.1 Å². The molecular weight excluding hydrogens is 218 g/mol. The zero-order valence-corrected chi connectivity index (χ0v) is 11.2. The van der Waals surface area contributed by atoms with Crippen LogP contribution in [-0.2, 0) is 9.59 Å². The Morgan fingerprint density at radius 2 is 1.76 bits per heavy atom. The van der Waals surface area contributed by atoms with Crippen molar-refractivity contribution in [2.24, 2.45) is 5.92 Å². The lowest BCUT2D eigenvalue weighted by Crippen LogP contribution is -2.36. The molecule has 0 spiro atoms. The Balaban J connectivity index is 4.10. The second-order valence-corrected chi connectivity index (χ2v) is 4.68. The number of amides is 1. The third-order valence-corrected chi connectivity index (χ3v) is 2.68. The molecule has 0 rings (SSSR count). The number of rotatable bonds is 9. The van der Waals surface area contributed by atoms with E-state index in [0.29, 0.717) is 13.1 Å². The Labute approximate surface area is 104 Å². The topological polar surface area (TPSA) is 57.6 Å². The van der Waals surface area contributed by atoms with Gasteiger partial charge in [-0.2, -0.15) is 0 Å². The maximum Gasteiger partial charge on any atom is 0.305 e. The van der Waals surface area contributed by atoms with Crippen LogP contribution in [-0.4, -0.2) is 35.0 Å². The summed E-state index contributed by atoms with van der Waals surface area (Å²) in [7, 11) is 0. The zero-order valence-electron chi connectivity index (χ0n) is 11.2. The van der Waals surface area contributed by atoms with Gasteiger partial charge in [-0.05, 0) is 6.42 Å². The van der Waals surface area contributed by atoms with Gasteiger partial charge in [0.25, 0.3) is 0 Å². The highest BCUT2D eigenvalue weighted by molar-refractivity contribution is 5.78. The summed E-state index contributed by atoms with van der Waals surface area (Å²) in [5.74, 6) is -0.849. The molecule has 0 radical (unpaired) electrons.